The summed E-state index contributed by atoms with van der Waals surface area (Å²) in [6.07, 6.45) is 0. The van der Waals surface area contributed by atoms with Crippen LogP contribution in [0.25, 0.3) is 0 Å². The fraction of sp³-hybridized carbons (Fsp3) is 0.300. The zero-order valence-corrected chi connectivity index (χ0v) is 17.6. The molecule has 0 aliphatic carbocycles. The van der Waals surface area contributed by atoms with E-state index in [1.165, 1.54) is 5.56 Å². The van der Waals surface area contributed by atoms with Crippen molar-refractivity contribution in [2.45, 2.75) is 26.3 Å². The minimum atomic E-state index is -0.424. The molecule has 0 aromatic heterocycles. The number of nitrogens with two attached hydrogens (primary N) is 1. The summed E-state index contributed by atoms with van der Waals surface area (Å²) >= 11 is 0. The molecule has 26 heavy (non-hydrogen) atoms. The maximum Gasteiger partial charge on any atom is 0.248 e. The number of amides is 1. The topological polar surface area (TPSA) is 79.5 Å². The lowest BCUT2D eigenvalue weighted by Gasteiger charge is -2.16. The van der Waals surface area contributed by atoms with Crippen LogP contribution in [0.2, 0.25) is 0 Å². The molecule has 1 amide bonds. The third-order valence-electron chi connectivity index (χ3n) is 3.92. The Morgan fingerprint density at radius 1 is 1.12 bits per heavy atom. The van der Waals surface area contributed by atoms with Crippen LogP contribution >= 0.6 is 24.0 Å². The van der Waals surface area contributed by atoms with Crippen molar-refractivity contribution >= 4 is 35.8 Å². The molecule has 2 aromatic rings. The van der Waals surface area contributed by atoms with E-state index in [9.17, 15) is 4.79 Å². The molecule has 5 nitrogen and oxygen atoms in total. The number of nitrogens with zero attached hydrogens (tertiary/aromatic N) is 1. The van der Waals surface area contributed by atoms with Crippen molar-refractivity contribution in [1.29, 1.82) is 0 Å². The molecule has 0 bridgehead atoms. The van der Waals surface area contributed by atoms with Crippen LogP contribution in [0.3, 0.4) is 0 Å². The molecule has 0 spiro atoms. The van der Waals surface area contributed by atoms with Gasteiger partial charge < -0.3 is 16.4 Å². The fourth-order valence-electron chi connectivity index (χ4n) is 2.48. The Labute approximate surface area is 172 Å². The van der Waals surface area contributed by atoms with E-state index >= 15 is 0 Å². The number of benzene rings is 2. The number of hydrogen-bond acceptors (Lipinski definition) is 2. The van der Waals surface area contributed by atoms with Crippen molar-refractivity contribution in [2.24, 2.45) is 10.7 Å². The Hall–Kier alpha value is -2.09. The maximum atomic E-state index is 11.3. The second-order valence-electron chi connectivity index (χ2n) is 5.95. The summed E-state index contributed by atoms with van der Waals surface area (Å²) in [5.41, 5.74) is 8.07. The second kappa shape index (κ2) is 11.5. The molecule has 0 aliphatic heterocycles. The van der Waals surface area contributed by atoms with Gasteiger partial charge in [0.05, 0.1) is 6.54 Å². The van der Waals surface area contributed by atoms with Crippen LogP contribution in [-0.4, -0.2) is 25.0 Å². The van der Waals surface area contributed by atoms with E-state index in [0.717, 1.165) is 24.6 Å². The normalized spacial score (nSPS) is 12.0. The molecule has 140 valence electrons. The van der Waals surface area contributed by atoms with Crippen LogP contribution in [0.15, 0.2) is 59.6 Å². The van der Waals surface area contributed by atoms with Crippen LogP contribution in [0.4, 0.5) is 0 Å². The molecule has 0 aliphatic rings. The maximum absolute atomic E-state index is 11.3. The molecule has 0 radical (unpaired) electrons. The number of carbonyl (C=O) groups is 1. The highest BCUT2D eigenvalue weighted by Gasteiger charge is 2.06. The highest BCUT2D eigenvalue weighted by molar-refractivity contribution is 14.0. The highest BCUT2D eigenvalue weighted by atomic mass is 127. The van der Waals surface area contributed by atoms with E-state index in [1.807, 2.05) is 25.1 Å². The number of carbonyl (C=O) groups excluding carboxylic acids is 1. The largest absolute Gasteiger partial charge is 0.366 e. The van der Waals surface area contributed by atoms with Gasteiger partial charge in [-0.2, -0.15) is 0 Å². The molecule has 0 fully saturated rings. The first-order valence-corrected chi connectivity index (χ1v) is 8.56. The van der Waals surface area contributed by atoms with Gasteiger partial charge in [0.15, 0.2) is 5.96 Å². The smallest absolute Gasteiger partial charge is 0.248 e. The van der Waals surface area contributed by atoms with Gasteiger partial charge in [0.25, 0.3) is 0 Å². The summed E-state index contributed by atoms with van der Waals surface area (Å²) in [6.45, 7) is 6.27. The van der Waals surface area contributed by atoms with Gasteiger partial charge in [0.2, 0.25) is 5.91 Å². The second-order valence-corrected chi connectivity index (χ2v) is 5.95. The van der Waals surface area contributed by atoms with Gasteiger partial charge in [-0.3, -0.25) is 4.79 Å². The van der Waals surface area contributed by atoms with E-state index in [0.29, 0.717) is 18.0 Å². The Morgan fingerprint density at radius 3 is 2.50 bits per heavy atom. The molecule has 6 heteroatoms. The molecular weight excluding hydrogens is 439 g/mol. The Morgan fingerprint density at radius 2 is 1.85 bits per heavy atom. The number of hydrogen-bond donors (Lipinski definition) is 3. The van der Waals surface area contributed by atoms with E-state index < -0.39 is 5.91 Å². The Balaban J connectivity index is 0.00000338. The van der Waals surface area contributed by atoms with Gasteiger partial charge in [-0.15, -0.1) is 24.0 Å². The van der Waals surface area contributed by atoms with Crippen molar-refractivity contribution in [3.8, 4) is 0 Å². The Bertz CT molecular complexity index is 719. The number of guanidine groups is 1. The van der Waals surface area contributed by atoms with Gasteiger partial charge in [-0.25, -0.2) is 4.99 Å². The monoisotopic (exact) mass is 466 g/mol. The van der Waals surface area contributed by atoms with E-state index in [4.69, 9.17) is 5.73 Å². The lowest BCUT2D eigenvalue weighted by Crippen LogP contribution is -2.39. The van der Waals surface area contributed by atoms with Crippen molar-refractivity contribution in [2.75, 3.05) is 13.1 Å². The van der Waals surface area contributed by atoms with Crippen LogP contribution < -0.4 is 16.4 Å². The minimum Gasteiger partial charge on any atom is -0.366 e. The van der Waals surface area contributed by atoms with Crippen molar-refractivity contribution < 1.29 is 4.79 Å². The predicted octanol–water partition coefficient (Wildman–Crippen LogP) is 3.26. The van der Waals surface area contributed by atoms with Gasteiger partial charge >= 0.3 is 0 Å². The van der Waals surface area contributed by atoms with E-state index in [2.05, 4.69) is 46.8 Å². The number of aliphatic imine (C=N–C) groups is 1. The lowest BCUT2D eigenvalue weighted by atomic mass is 10.0. The first-order valence-electron chi connectivity index (χ1n) is 8.56. The molecule has 0 saturated heterocycles. The summed E-state index contributed by atoms with van der Waals surface area (Å²) in [7, 11) is 0. The highest BCUT2D eigenvalue weighted by Crippen LogP contribution is 2.13. The van der Waals surface area contributed by atoms with Gasteiger partial charge in [0.1, 0.15) is 0 Å². The van der Waals surface area contributed by atoms with Crippen LogP contribution in [0.5, 0.6) is 0 Å². The summed E-state index contributed by atoms with van der Waals surface area (Å²) in [5, 5.41) is 6.62. The average Bonchev–Trinajstić information content (AvgIpc) is 2.64. The van der Waals surface area contributed by atoms with E-state index in [-0.39, 0.29) is 24.0 Å². The van der Waals surface area contributed by atoms with Gasteiger partial charge in [0, 0.05) is 18.7 Å². The number of primary amides is 1. The number of rotatable bonds is 7. The molecule has 4 N–H and O–H groups in total. The molecule has 2 rings (SSSR count). The van der Waals surface area contributed by atoms with Crippen LogP contribution in [0, 0.1) is 0 Å². The first-order chi connectivity index (χ1) is 12.1. The average molecular weight is 466 g/mol. The van der Waals surface area contributed by atoms with Crippen molar-refractivity contribution in [1.82, 2.24) is 10.6 Å². The first kappa shape index (κ1) is 22.0. The predicted molar refractivity (Wildman–Crippen MR) is 118 cm³/mol. The fourth-order valence-corrected chi connectivity index (χ4v) is 2.48. The molecule has 1 atom stereocenters. The quantitative estimate of drug-likeness (QED) is 0.333. The van der Waals surface area contributed by atoms with Gasteiger partial charge in [-0.1, -0.05) is 49.4 Å². The summed E-state index contributed by atoms with van der Waals surface area (Å²) in [5.74, 6) is 0.713. The van der Waals surface area contributed by atoms with Crippen molar-refractivity contribution in [3.63, 3.8) is 0 Å². The SMILES string of the molecule is CCNC(=NCc1cccc(C(N)=O)c1)NCC(C)c1ccccc1.I. The summed E-state index contributed by atoms with van der Waals surface area (Å²) < 4.78 is 0. The van der Waals surface area contributed by atoms with Gasteiger partial charge in [-0.05, 0) is 36.1 Å². The molecule has 1 unspecified atom stereocenters. The lowest BCUT2D eigenvalue weighted by molar-refractivity contribution is 0.1000. The molecule has 0 heterocycles. The van der Waals surface area contributed by atoms with Crippen LogP contribution in [0.1, 0.15) is 41.3 Å². The Kier molecular flexibility index (Phi) is 9.72. The number of nitrogens with one attached hydrogen (secondary N) is 2. The third-order valence-corrected chi connectivity index (χ3v) is 3.92. The minimum absolute atomic E-state index is 0. The zero-order valence-electron chi connectivity index (χ0n) is 15.2. The standard InChI is InChI=1S/C20H26N4O.HI/c1-3-22-20(23-13-15(2)17-9-5-4-6-10-17)24-14-16-8-7-11-18(12-16)19(21)25;/h4-12,15H,3,13-14H2,1-2H3,(H2,21,25)(H2,22,23,24);1H. The summed E-state index contributed by atoms with van der Waals surface area (Å²) in [6, 6.07) is 17.6. The van der Waals surface area contributed by atoms with E-state index in [1.54, 1.807) is 12.1 Å². The molecular formula is C20H27IN4O. The molecule has 2 aromatic carbocycles. The summed E-state index contributed by atoms with van der Waals surface area (Å²) in [4.78, 5) is 15.9. The molecule has 0 saturated carbocycles. The zero-order chi connectivity index (χ0) is 18.1. The third kappa shape index (κ3) is 7.03. The van der Waals surface area contributed by atoms with Crippen molar-refractivity contribution in [3.05, 3.63) is 71.3 Å². The number of halogens is 1. The van der Waals surface area contributed by atoms with Crippen LogP contribution in [-0.2, 0) is 6.54 Å².